The van der Waals surface area contributed by atoms with Crippen LogP contribution in [0.3, 0.4) is 0 Å². The van der Waals surface area contributed by atoms with E-state index >= 15 is 0 Å². The normalized spacial score (nSPS) is 49.2. The molecular formula is C27H48O2. The summed E-state index contributed by atoms with van der Waals surface area (Å²) in [5.74, 6) is 5.51. The van der Waals surface area contributed by atoms with E-state index in [-0.39, 0.29) is 12.2 Å². The number of rotatable bonds is 5. The van der Waals surface area contributed by atoms with Crippen molar-refractivity contribution in [1.29, 1.82) is 0 Å². The molecule has 0 aromatic carbocycles. The summed E-state index contributed by atoms with van der Waals surface area (Å²) < 4.78 is 0. The van der Waals surface area contributed by atoms with Gasteiger partial charge in [-0.25, -0.2) is 0 Å². The highest BCUT2D eigenvalue weighted by Gasteiger charge is 2.60. The molecule has 0 bridgehead atoms. The molecular weight excluding hydrogens is 356 g/mol. The second-order valence-electron chi connectivity index (χ2n) is 12.7. The van der Waals surface area contributed by atoms with Gasteiger partial charge in [-0.05, 0) is 123 Å². The Morgan fingerprint density at radius 1 is 0.828 bits per heavy atom. The van der Waals surface area contributed by atoms with E-state index in [2.05, 4.69) is 34.6 Å². The molecule has 2 N–H and O–H groups in total. The smallest absolute Gasteiger partial charge is 0.0563 e. The third kappa shape index (κ3) is 3.73. The third-order valence-corrected chi connectivity index (χ3v) is 11.1. The summed E-state index contributed by atoms with van der Waals surface area (Å²) in [7, 11) is 0. The van der Waals surface area contributed by atoms with E-state index in [9.17, 15) is 10.2 Å². The first-order valence-corrected chi connectivity index (χ1v) is 13.0. The highest BCUT2D eigenvalue weighted by molar-refractivity contribution is 5.09. The summed E-state index contributed by atoms with van der Waals surface area (Å²) in [6.07, 6.45) is 13.9. The average molecular weight is 405 g/mol. The summed E-state index contributed by atoms with van der Waals surface area (Å²) in [4.78, 5) is 0. The number of fused-ring (bicyclic) bond motifs is 5. The summed E-state index contributed by atoms with van der Waals surface area (Å²) in [5.41, 5.74) is 1.02. The lowest BCUT2D eigenvalue weighted by Crippen LogP contribution is -2.54. The Bertz CT molecular complexity index is 573. The van der Waals surface area contributed by atoms with Crippen molar-refractivity contribution in [3.05, 3.63) is 0 Å². The van der Waals surface area contributed by atoms with Gasteiger partial charge in [0.15, 0.2) is 0 Å². The van der Waals surface area contributed by atoms with Crippen molar-refractivity contribution < 1.29 is 10.2 Å². The van der Waals surface area contributed by atoms with Gasteiger partial charge in [0.05, 0.1) is 12.2 Å². The van der Waals surface area contributed by atoms with Gasteiger partial charge in [-0.3, -0.25) is 0 Å². The van der Waals surface area contributed by atoms with Gasteiger partial charge in [0.2, 0.25) is 0 Å². The molecule has 0 radical (unpaired) electrons. The van der Waals surface area contributed by atoms with Gasteiger partial charge in [-0.15, -0.1) is 0 Å². The molecule has 168 valence electrons. The van der Waals surface area contributed by atoms with E-state index in [0.29, 0.717) is 16.7 Å². The topological polar surface area (TPSA) is 40.5 Å². The van der Waals surface area contributed by atoms with E-state index in [1.807, 2.05) is 0 Å². The van der Waals surface area contributed by atoms with Crippen molar-refractivity contribution in [3.63, 3.8) is 0 Å². The summed E-state index contributed by atoms with van der Waals surface area (Å²) in [5, 5.41) is 20.6. The van der Waals surface area contributed by atoms with Crippen LogP contribution in [0.5, 0.6) is 0 Å². The Hall–Kier alpha value is -0.0800. The molecule has 0 aromatic heterocycles. The van der Waals surface area contributed by atoms with Crippen LogP contribution in [0.25, 0.3) is 0 Å². The zero-order valence-corrected chi connectivity index (χ0v) is 19.9. The minimum atomic E-state index is -0.130. The molecule has 4 fully saturated rings. The van der Waals surface area contributed by atoms with Gasteiger partial charge in [-0.1, -0.05) is 34.6 Å². The second-order valence-corrected chi connectivity index (χ2v) is 12.7. The van der Waals surface area contributed by atoms with Crippen molar-refractivity contribution in [2.75, 3.05) is 0 Å². The summed E-state index contributed by atoms with van der Waals surface area (Å²) in [6.45, 7) is 12.0. The van der Waals surface area contributed by atoms with E-state index < -0.39 is 0 Å². The monoisotopic (exact) mass is 404 g/mol. The van der Waals surface area contributed by atoms with E-state index in [1.54, 1.807) is 0 Å². The fraction of sp³-hybridized carbons (Fsp3) is 1.00. The Morgan fingerprint density at radius 3 is 2.24 bits per heavy atom. The van der Waals surface area contributed by atoms with Crippen LogP contribution < -0.4 is 0 Å². The minimum absolute atomic E-state index is 0.0311. The second kappa shape index (κ2) is 8.12. The Labute approximate surface area is 180 Å². The van der Waals surface area contributed by atoms with Gasteiger partial charge in [0.1, 0.15) is 0 Å². The fourth-order valence-corrected chi connectivity index (χ4v) is 9.18. The van der Waals surface area contributed by atoms with Crippen LogP contribution in [0, 0.1) is 52.3 Å². The standard InChI is InChI=1S/C27H48O2/c1-17(2)25(29)11-6-18(3)22-9-10-23-21-8-7-19-16-20(28)12-14-26(19,4)24(21)13-15-27(22,23)5/h17-25,28-29H,6-16H2,1-5H3/t18-,19?,20+,21+,22-,23+,24+,25+,26+,27-/m1/s1. The molecule has 4 aliphatic carbocycles. The third-order valence-electron chi connectivity index (χ3n) is 11.1. The Morgan fingerprint density at radius 2 is 1.52 bits per heavy atom. The maximum Gasteiger partial charge on any atom is 0.0563 e. The lowest BCUT2D eigenvalue weighted by atomic mass is 9.44. The number of aliphatic hydroxyl groups is 2. The molecule has 0 amide bonds. The zero-order valence-electron chi connectivity index (χ0n) is 19.9. The van der Waals surface area contributed by atoms with Crippen LogP contribution in [0.1, 0.15) is 105 Å². The van der Waals surface area contributed by atoms with Gasteiger partial charge < -0.3 is 10.2 Å². The minimum Gasteiger partial charge on any atom is -0.393 e. The van der Waals surface area contributed by atoms with E-state index in [0.717, 1.165) is 54.8 Å². The largest absolute Gasteiger partial charge is 0.393 e. The lowest BCUT2D eigenvalue weighted by Gasteiger charge is -2.61. The van der Waals surface area contributed by atoms with Crippen molar-refractivity contribution in [3.8, 4) is 0 Å². The van der Waals surface area contributed by atoms with Crippen molar-refractivity contribution in [2.24, 2.45) is 52.3 Å². The summed E-state index contributed by atoms with van der Waals surface area (Å²) in [6, 6.07) is 0. The first-order chi connectivity index (χ1) is 13.7. The maximum absolute atomic E-state index is 10.3. The van der Waals surface area contributed by atoms with Crippen molar-refractivity contribution in [2.45, 2.75) is 117 Å². The van der Waals surface area contributed by atoms with Gasteiger partial charge in [0.25, 0.3) is 0 Å². The summed E-state index contributed by atoms with van der Waals surface area (Å²) >= 11 is 0. The lowest BCUT2D eigenvalue weighted by molar-refractivity contribution is -0.129. The molecule has 0 spiro atoms. The van der Waals surface area contributed by atoms with Crippen molar-refractivity contribution in [1.82, 2.24) is 0 Å². The van der Waals surface area contributed by atoms with Crippen LogP contribution in [0.15, 0.2) is 0 Å². The van der Waals surface area contributed by atoms with Crippen molar-refractivity contribution >= 4 is 0 Å². The molecule has 10 atom stereocenters. The quantitative estimate of drug-likeness (QED) is 0.553. The molecule has 29 heavy (non-hydrogen) atoms. The molecule has 1 unspecified atom stereocenters. The van der Waals surface area contributed by atoms with E-state index in [4.69, 9.17) is 0 Å². The molecule has 0 saturated heterocycles. The molecule has 4 aliphatic rings. The molecule has 0 aromatic rings. The highest BCUT2D eigenvalue weighted by atomic mass is 16.3. The molecule has 4 saturated carbocycles. The van der Waals surface area contributed by atoms with Crippen LogP contribution in [-0.2, 0) is 0 Å². The average Bonchev–Trinajstić information content (AvgIpc) is 3.03. The molecule has 2 heteroatoms. The predicted molar refractivity (Wildman–Crippen MR) is 120 cm³/mol. The van der Waals surface area contributed by atoms with E-state index in [1.165, 1.54) is 51.4 Å². The van der Waals surface area contributed by atoms with Crippen LogP contribution in [-0.4, -0.2) is 22.4 Å². The molecule has 0 aliphatic heterocycles. The SMILES string of the molecule is CC(C)[C@@H](O)CC[C@@H](C)[C@H]1CC[C@H]2[C@@H]3CCC4C[C@@H](O)CC[C@]4(C)[C@H]3CC[C@]12C. The first kappa shape index (κ1) is 22.1. The van der Waals surface area contributed by atoms with Gasteiger partial charge in [-0.2, -0.15) is 0 Å². The Kier molecular flexibility index (Phi) is 6.19. The van der Waals surface area contributed by atoms with Crippen LogP contribution in [0.2, 0.25) is 0 Å². The number of hydrogen-bond donors (Lipinski definition) is 2. The molecule has 4 rings (SSSR count). The highest BCUT2D eigenvalue weighted by Crippen LogP contribution is 2.68. The van der Waals surface area contributed by atoms with Crippen LogP contribution >= 0.6 is 0 Å². The fourth-order valence-electron chi connectivity index (χ4n) is 9.18. The predicted octanol–water partition coefficient (Wildman–Crippen LogP) is 6.44. The van der Waals surface area contributed by atoms with Crippen LogP contribution in [0.4, 0.5) is 0 Å². The molecule has 0 heterocycles. The first-order valence-electron chi connectivity index (χ1n) is 13.0. The maximum atomic E-state index is 10.3. The Balaban J connectivity index is 1.46. The molecule has 2 nitrogen and oxygen atoms in total. The number of hydrogen-bond acceptors (Lipinski definition) is 2. The zero-order chi connectivity index (χ0) is 21.0. The van der Waals surface area contributed by atoms with Gasteiger partial charge >= 0.3 is 0 Å². The van der Waals surface area contributed by atoms with Gasteiger partial charge in [0, 0.05) is 0 Å². The number of aliphatic hydroxyl groups excluding tert-OH is 2.